The van der Waals surface area contributed by atoms with E-state index in [1.165, 1.54) is 0 Å². The van der Waals surface area contributed by atoms with Crippen molar-refractivity contribution in [2.45, 2.75) is 46.0 Å². The van der Waals surface area contributed by atoms with Crippen LogP contribution >= 0.6 is 0 Å². The van der Waals surface area contributed by atoms with Crippen molar-refractivity contribution in [1.82, 2.24) is 0 Å². The third-order valence-corrected chi connectivity index (χ3v) is 4.19. The van der Waals surface area contributed by atoms with Gasteiger partial charge in [0.25, 0.3) is 0 Å². The van der Waals surface area contributed by atoms with Gasteiger partial charge < -0.3 is 10.4 Å². The van der Waals surface area contributed by atoms with Gasteiger partial charge in [-0.1, -0.05) is 38.5 Å². The van der Waals surface area contributed by atoms with Crippen molar-refractivity contribution < 1.29 is 14.7 Å². The average Bonchev–Trinajstić information content (AvgIpc) is 2.39. The predicted molar refractivity (Wildman–Crippen MR) is 82.2 cm³/mol. The molecule has 0 spiro atoms. The number of anilines is 1. The second-order valence-corrected chi connectivity index (χ2v) is 6.67. The van der Waals surface area contributed by atoms with E-state index < -0.39 is 5.97 Å². The van der Waals surface area contributed by atoms with E-state index in [4.69, 9.17) is 5.11 Å². The van der Waals surface area contributed by atoms with Crippen molar-refractivity contribution in [2.24, 2.45) is 11.3 Å². The van der Waals surface area contributed by atoms with E-state index >= 15 is 0 Å². The highest BCUT2D eigenvalue weighted by Gasteiger charge is 2.32. The molecule has 0 radical (unpaired) electrons. The number of carbonyl (C=O) groups excluding carboxylic acids is 1. The molecule has 114 valence electrons. The molecule has 21 heavy (non-hydrogen) atoms. The van der Waals surface area contributed by atoms with E-state index in [-0.39, 0.29) is 23.7 Å². The van der Waals surface area contributed by atoms with Crippen molar-refractivity contribution in [2.75, 3.05) is 5.32 Å². The summed E-state index contributed by atoms with van der Waals surface area (Å²) in [5.41, 5.74) is 1.47. The lowest BCUT2D eigenvalue weighted by molar-refractivity contribution is -0.136. The van der Waals surface area contributed by atoms with Gasteiger partial charge in [0.1, 0.15) is 0 Å². The highest BCUT2D eigenvalue weighted by Crippen LogP contribution is 2.39. The van der Waals surface area contributed by atoms with Crippen LogP contribution in [0, 0.1) is 11.3 Å². The number of rotatable bonds is 4. The van der Waals surface area contributed by atoms with Crippen molar-refractivity contribution in [3.05, 3.63) is 29.8 Å². The summed E-state index contributed by atoms with van der Waals surface area (Å²) in [5.74, 6) is -0.859. The largest absolute Gasteiger partial charge is 0.481 e. The number of para-hydroxylation sites is 1. The lowest BCUT2D eigenvalue weighted by atomic mass is 9.72. The van der Waals surface area contributed by atoms with E-state index in [2.05, 4.69) is 19.2 Å². The van der Waals surface area contributed by atoms with E-state index in [0.29, 0.717) is 11.3 Å². The summed E-state index contributed by atoms with van der Waals surface area (Å²) in [6.45, 7) is 4.40. The molecule has 1 atom stereocenters. The van der Waals surface area contributed by atoms with Crippen LogP contribution in [0.25, 0.3) is 0 Å². The summed E-state index contributed by atoms with van der Waals surface area (Å²) in [6, 6.07) is 7.11. The highest BCUT2D eigenvalue weighted by molar-refractivity contribution is 5.94. The van der Waals surface area contributed by atoms with Crippen molar-refractivity contribution in [3.8, 4) is 0 Å². The Morgan fingerprint density at radius 2 is 2.05 bits per heavy atom. The highest BCUT2D eigenvalue weighted by atomic mass is 16.4. The first-order chi connectivity index (χ1) is 9.87. The first kappa shape index (κ1) is 15.5. The molecule has 2 N–H and O–H groups in total. The van der Waals surface area contributed by atoms with Gasteiger partial charge in [0.15, 0.2) is 0 Å². The lowest BCUT2D eigenvalue weighted by Gasteiger charge is -2.34. The Hall–Kier alpha value is -1.84. The maximum Gasteiger partial charge on any atom is 0.307 e. The lowest BCUT2D eigenvalue weighted by Crippen LogP contribution is -2.31. The van der Waals surface area contributed by atoms with Crippen LogP contribution < -0.4 is 5.32 Å². The first-order valence-electron chi connectivity index (χ1n) is 7.48. The van der Waals surface area contributed by atoms with Crippen LogP contribution in [0.2, 0.25) is 0 Å². The fourth-order valence-corrected chi connectivity index (χ4v) is 3.12. The average molecular weight is 289 g/mol. The zero-order valence-corrected chi connectivity index (χ0v) is 12.7. The number of hydrogen-bond donors (Lipinski definition) is 2. The van der Waals surface area contributed by atoms with Crippen LogP contribution in [0.3, 0.4) is 0 Å². The molecule has 1 fully saturated rings. The van der Waals surface area contributed by atoms with Crippen LogP contribution in [0.5, 0.6) is 0 Å². The Kier molecular flexibility index (Phi) is 4.66. The molecule has 1 amide bonds. The molecular weight excluding hydrogens is 266 g/mol. The number of carboxylic acids is 1. The van der Waals surface area contributed by atoms with Gasteiger partial charge in [0, 0.05) is 11.6 Å². The SMILES string of the molecule is CC1(C)CCCC(C(=O)Nc2ccccc2CC(=O)O)C1. The topological polar surface area (TPSA) is 66.4 Å². The van der Waals surface area contributed by atoms with Crippen LogP contribution in [0.4, 0.5) is 5.69 Å². The minimum Gasteiger partial charge on any atom is -0.481 e. The number of carboxylic acid groups (broad SMARTS) is 1. The fraction of sp³-hybridized carbons (Fsp3) is 0.529. The molecule has 0 aromatic heterocycles. The molecule has 0 bridgehead atoms. The van der Waals surface area contributed by atoms with Gasteiger partial charge in [0.05, 0.1) is 6.42 Å². The molecule has 1 aromatic carbocycles. The zero-order chi connectivity index (χ0) is 15.5. The van der Waals surface area contributed by atoms with Gasteiger partial charge >= 0.3 is 5.97 Å². The molecule has 0 saturated heterocycles. The molecule has 1 saturated carbocycles. The molecule has 1 aliphatic carbocycles. The predicted octanol–water partition coefficient (Wildman–Crippen LogP) is 3.47. The number of carbonyl (C=O) groups is 2. The van der Waals surface area contributed by atoms with Gasteiger partial charge in [-0.2, -0.15) is 0 Å². The molecule has 1 unspecified atom stereocenters. The molecule has 0 aliphatic heterocycles. The van der Waals surface area contributed by atoms with E-state index in [1.54, 1.807) is 18.2 Å². The summed E-state index contributed by atoms with van der Waals surface area (Å²) in [4.78, 5) is 23.3. The third kappa shape index (κ3) is 4.31. The van der Waals surface area contributed by atoms with Gasteiger partial charge in [-0.25, -0.2) is 0 Å². The molecule has 4 nitrogen and oxygen atoms in total. The smallest absolute Gasteiger partial charge is 0.307 e. The monoisotopic (exact) mass is 289 g/mol. The Labute approximate surface area is 125 Å². The van der Waals surface area contributed by atoms with E-state index in [0.717, 1.165) is 25.7 Å². The third-order valence-electron chi connectivity index (χ3n) is 4.19. The second kappa shape index (κ2) is 6.29. The number of hydrogen-bond acceptors (Lipinski definition) is 2. The molecular formula is C17H23NO3. The van der Waals surface area contributed by atoms with Crippen LogP contribution in [0.1, 0.15) is 45.1 Å². The Balaban J connectivity index is 2.07. The fourth-order valence-electron chi connectivity index (χ4n) is 3.12. The number of aliphatic carboxylic acids is 1. The number of nitrogens with one attached hydrogen (secondary N) is 1. The van der Waals surface area contributed by atoms with Crippen LogP contribution in [0.15, 0.2) is 24.3 Å². The molecule has 4 heteroatoms. The summed E-state index contributed by atoms with van der Waals surface area (Å²) in [6.07, 6.45) is 3.96. The minimum absolute atomic E-state index is 0.0145. The summed E-state index contributed by atoms with van der Waals surface area (Å²) in [5, 5.41) is 11.9. The first-order valence-corrected chi connectivity index (χ1v) is 7.48. The Bertz CT molecular complexity index is 537. The van der Waals surface area contributed by atoms with Crippen molar-refractivity contribution in [1.29, 1.82) is 0 Å². The Morgan fingerprint density at radius 1 is 1.33 bits per heavy atom. The van der Waals surface area contributed by atoms with Gasteiger partial charge in [0.2, 0.25) is 5.91 Å². The summed E-state index contributed by atoms with van der Waals surface area (Å²) in [7, 11) is 0. The minimum atomic E-state index is -0.893. The van der Waals surface area contributed by atoms with Crippen LogP contribution in [-0.2, 0) is 16.0 Å². The number of amides is 1. The zero-order valence-electron chi connectivity index (χ0n) is 12.7. The quantitative estimate of drug-likeness (QED) is 0.892. The standard InChI is InChI=1S/C17H23NO3/c1-17(2)9-5-7-13(11-17)16(21)18-14-8-4-3-6-12(14)10-15(19)20/h3-4,6,8,13H,5,7,9-11H2,1-2H3,(H,18,21)(H,19,20). The molecule has 0 heterocycles. The van der Waals surface area contributed by atoms with E-state index in [1.807, 2.05) is 6.07 Å². The molecule has 1 aromatic rings. The summed E-state index contributed by atoms with van der Waals surface area (Å²) < 4.78 is 0. The second-order valence-electron chi connectivity index (χ2n) is 6.67. The van der Waals surface area contributed by atoms with Gasteiger partial charge in [-0.15, -0.1) is 0 Å². The molecule has 1 aliphatic rings. The van der Waals surface area contributed by atoms with Gasteiger partial charge in [-0.3, -0.25) is 9.59 Å². The number of benzene rings is 1. The summed E-state index contributed by atoms with van der Waals surface area (Å²) >= 11 is 0. The van der Waals surface area contributed by atoms with E-state index in [9.17, 15) is 9.59 Å². The maximum absolute atomic E-state index is 12.4. The Morgan fingerprint density at radius 3 is 2.71 bits per heavy atom. The van der Waals surface area contributed by atoms with Crippen molar-refractivity contribution >= 4 is 17.6 Å². The normalized spacial score (nSPS) is 20.8. The van der Waals surface area contributed by atoms with Gasteiger partial charge in [-0.05, 0) is 36.3 Å². The molecule has 2 rings (SSSR count). The maximum atomic E-state index is 12.4. The van der Waals surface area contributed by atoms with Crippen LogP contribution in [-0.4, -0.2) is 17.0 Å². The van der Waals surface area contributed by atoms with Crippen molar-refractivity contribution in [3.63, 3.8) is 0 Å².